The number of nitrogens with zero attached hydrogens (tertiary/aromatic N) is 1. The second-order valence-corrected chi connectivity index (χ2v) is 19.0. The predicted molar refractivity (Wildman–Crippen MR) is 203 cm³/mol. The number of nitrogen functional groups attached to an aromatic ring is 1. The zero-order chi connectivity index (χ0) is 34.3. The van der Waals surface area contributed by atoms with Gasteiger partial charge >= 0.3 is 5.97 Å². The van der Waals surface area contributed by atoms with Gasteiger partial charge in [0, 0.05) is 27.1 Å². The summed E-state index contributed by atoms with van der Waals surface area (Å²) in [6.07, 6.45) is 1.63. The first-order valence-electron chi connectivity index (χ1n) is 15.4. The van der Waals surface area contributed by atoms with Crippen molar-refractivity contribution in [3.63, 3.8) is 0 Å². The minimum atomic E-state index is -0.505. The molecule has 2 aliphatic heterocycles. The van der Waals surface area contributed by atoms with Gasteiger partial charge in [0.15, 0.2) is 0 Å². The molecule has 0 aromatic heterocycles. The van der Waals surface area contributed by atoms with E-state index in [1.54, 1.807) is 33.5 Å². The molecule has 8 nitrogen and oxygen atoms in total. The monoisotopic (exact) mass is 700 g/mol. The van der Waals surface area contributed by atoms with Crippen molar-refractivity contribution in [2.45, 2.75) is 62.3 Å². The Balaban J connectivity index is 0.000000344. The van der Waals surface area contributed by atoms with Crippen LogP contribution >= 0.6 is 16.7 Å². The maximum Gasteiger partial charge on any atom is 0.316 e. The summed E-state index contributed by atoms with van der Waals surface area (Å²) in [5.41, 5.74) is 7.34. The number of carbonyl (C=O) groups excluding carboxylic acids is 2. The molecule has 3 aromatic carbocycles. The van der Waals surface area contributed by atoms with Gasteiger partial charge in [-0.15, -0.1) is 17.4 Å². The Morgan fingerprint density at radius 1 is 0.787 bits per heavy atom. The molecule has 4 unspecified atom stereocenters. The lowest BCUT2D eigenvalue weighted by Gasteiger charge is -2.24. The first-order chi connectivity index (χ1) is 21.8. The van der Waals surface area contributed by atoms with E-state index in [0.717, 1.165) is 61.7 Å². The average molecular weight is 701 g/mol. The summed E-state index contributed by atoms with van der Waals surface area (Å²) in [5.74, 6) is 9.47. The Hall–Kier alpha value is -2.81. The second kappa shape index (κ2) is 20.5. The van der Waals surface area contributed by atoms with E-state index < -0.39 is 5.41 Å². The largest absolute Gasteiger partial charge is 0.497 e. The Morgan fingerprint density at radius 2 is 1.28 bits per heavy atom. The highest BCUT2D eigenvalue weighted by atomic mass is 32.0. The molecular weight excluding hydrogens is 645 g/mol. The van der Waals surface area contributed by atoms with E-state index >= 15 is 0 Å². The zero-order valence-corrected chi connectivity index (χ0v) is 32.0. The summed E-state index contributed by atoms with van der Waals surface area (Å²) < 4.78 is 22.3. The van der Waals surface area contributed by atoms with E-state index in [-0.39, 0.29) is 38.9 Å². The molecule has 47 heavy (non-hydrogen) atoms. The predicted octanol–water partition coefficient (Wildman–Crippen LogP) is 8.19. The lowest BCUT2D eigenvalue weighted by molar-refractivity contribution is -0.142. The van der Waals surface area contributed by atoms with E-state index in [0.29, 0.717) is 15.0 Å². The number of nitrogens with two attached hydrogens (primary N) is 1. The van der Waals surface area contributed by atoms with E-state index in [1.807, 2.05) is 79.2 Å². The maximum atomic E-state index is 12.5. The van der Waals surface area contributed by atoms with Crippen molar-refractivity contribution >= 4 is 48.4 Å². The standard InChI is InChI=1S/C13H19NO2P2.C12H14O3.C7H9NO.CH4.3CH3.Al/c1-13(7-8-14(12(13)15)18-17-3)10-5-4-6-11(9-10)16-2;1-12(6-7-15-11(12)13)9-4-3-5-10(8-9)14-2;1-9-7-4-2-6(8)3-5-7;;;;;/h4-6,9,17-18H,7-8H2,1-3H3;3-5,8H,6-7H2,1-2H3;2-5H,8H2,1H3;1H4;3*1H3;. The minimum absolute atomic E-state index is 0. The van der Waals surface area contributed by atoms with E-state index in [2.05, 4.69) is 24.0 Å². The first-order valence-corrected chi connectivity index (χ1v) is 22.4. The fourth-order valence-corrected chi connectivity index (χ4v) is 7.05. The normalized spacial score (nSPS) is 19.8. The molecule has 0 aliphatic carbocycles. The van der Waals surface area contributed by atoms with Crippen molar-refractivity contribution < 1.29 is 28.5 Å². The molecule has 0 bridgehead atoms. The lowest BCUT2D eigenvalue weighted by Crippen LogP contribution is -2.31. The van der Waals surface area contributed by atoms with Crippen LogP contribution in [0.25, 0.3) is 0 Å². The highest BCUT2D eigenvalue weighted by Crippen LogP contribution is 2.46. The molecule has 2 fully saturated rings. The average Bonchev–Trinajstić information content (AvgIpc) is 3.56. The Kier molecular flexibility index (Phi) is 18.4. The molecule has 1 amide bonds. The van der Waals surface area contributed by atoms with Crippen LogP contribution in [0.5, 0.6) is 17.2 Å². The quantitative estimate of drug-likeness (QED) is 0.115. The highest BCUT2D eigenvalue weighted by Gasteiger charge is 2.44. The topological polar surface area (TPSA) is 100 Å². The molecule has 11 heteroatoms. The van der Waals surface area contributed by atoms with Gasteiger partial charge in [0.05, 0.1) is 38.8 Å². The summed E-state index contributed by atoms with van der Waals surface area (Å²) in [6, 6.07) is 22.8. The van der Waals surface area contributed by atoms with Gasteiger partial charge in [0.1, 0.15) is 17.2 Å². The minimum Gasteiger partial charge on any atom is -0.497 e. The fourth-order valence-electron chi connectivity index (χ4n) is 4.76. The molecule has 2 N–H and O–H groups in total. The number of anilines is 1. The van der Waals surface area contributed by atoms with Crippen molar-refractivity contribution in [2.75, 3.05) is 46.9 Å². The van der Waals surface area contributed by atoms with E-state index in [4.69, 9.17) is 24.7 Å². The third kappa shape index (κ3) is 12.3. The van der Waals surface area contributed by atoms with Crippen LogP contribution in [0.3, 0.4) is 0 Å². The number of hydrogen-bond donors (Lipinski definition) is 1. The third-order valence-corrected chi connectivity index (χ3v) is 10.0. The third-order valence-electron chi connectivity index (χ3n) is 7.61. The Labute approximate surface area is 291 Å². The van der Waals surface area contributed by atoms with Gasteiger partial charge in [-0.3, -0.25) is 9.59 Å². The van der Waals surface area contributed by atoms with Crippen LogP contribution in [0, 0.1) is 0 Å². The first kappa shape index (κ1) is 42.2. The molecule has 5 rings (SSSR count). The van der Waals surface area contributed by atoms with Gasteiger partial charge in [0.25, 0.3) is 14.1 Å². The molecule has 0 radical (unpaired) electrons. The summed E-state index contributed by atoms with van der Waals surface area (Å²) in [6.45, 7) is 7.50. The summed E-state index contributed by atoms with van der Waals surface area (Å²) in [5, 5.41) is 0. The number of carbonyl (C=O) groups is 2. The molecule has 3 aromatic rings. The number of amides is 1. The summed E-state index contributed by atoms with van der Waals surface area (Å²) >= 11 is -0.139. The summed E-state index contributed by atoms with van der Waals surface area (Å²) in [7, 11) is 6.36. The zero-order valence-electron chi connectivity index (χ0n) is 28.8. The van der Waals surface area contributed by atoms with Crippen molar-refractivity contribution in [3.8, 4) is 17.2 Å². The maximum absolute atomic E-state index is 12.5. The van der Waals surface area contributed by atoms with Crippen LogP contribution in [0.1, 0.15) is 45.2 Å². The lowest BCUT2D eigenvalue weighted by atomic mass is 9.81. The van der Waals surface area contributed by atoms with Crippen LogP contribution in [-0.2, 0) is 25.2 Å². The van der Waals surface area contributed by atoms with Crippen LogP contribution in [-0.4, -0.2) is 71.8 Å². The molecule has 4 atom stereocenters. The smallest absolute Gasteiger partial charge is 0.316 e. The number of esters is 1. The van der Waals surface area contributed by atoms with Gasteiger partial charge in [-0.2, -0.15) is 0 Å². The van der Waals surface area contributed by atoms with Gasteiger partial charge in [-0.25, -0.2) is 0 Å². The van der Waals surface area contributed by atoms with Crippen molar-refractivity contribution in [1.82, 2.24) is 4.67 Å². The number of rotatable bonds is 7. The summed E-state index contributed by atoms with van der Waals surface area (Å²) in [4.78, 5) is 24.1. The van der Waals surface area contributed by atoms with Gasteiger partial charge < -0.3 is 29.4 Å². The molecule has 2 heterocycles. The van der Waals surface area contributed by atoms with Crippen molar-refractivity contribution in [2.24, 2.45) is 0 Å². The van der Waals surface area contributed by atoms with E-state index in [1.165, 1.54) is 0 Å². The molecular formula is C36H55AlN2O6P2. The molecule has 2 saturated heterocycles. The van der Waals surface area contributed by atoms with Crippen molar-refractivity contribution in [1.29, 1.82) is 0 Å². The number of methoxy groups -OCH3 is 3. The van der Waals surface area contributed by atoms with Crippen LogP contribution in [0.15, 0.2) is 72.8 Å². The van der Waals surface area contributed by atoms with Crippen LogP contribution in [0.2, 0.25) is 17.4 Å². The number of hydrogen-bond acceptors (Lipinski definition) is 7. The molecule has 0 spiro atoms. The molecule has 0 saturated carbocycles. The SMILES string of the molecule is C.COc1ccc(N)cc1.COc1cccc(C2(C)CCN(PPC)C2=O)c1.COc1cccc(C2(C)CCOC2=O)c1.[CH3][Al]([CH3])[CH3]. The van der Waals surface area contributed by atoms with Gasteiger partial charge in [0.2, 0.25) is 5.91 Å². The number of ether oxygens (including phenoxy) is 4. The van der Waals surface area contributed by atoms with Gasteiger partial charge in [-0.05, 0) is 86.6 Å². The van der Waals surface area contributed by atoms with E-state index in [9.17, 15) is 9.59 Å². The number of benzene rings is 3. The fraction of sp³-hybridized carbons (Fsp3) is 0.444. The van der Waals surface area contributed by atoms with Crippen molar-refractivity contribution in [3.05, 3.63) is 83.9 Å². The number of cyclic esters (lactones) is 1. The second-order valence-electron chi connectivity index (χ2n) is 12.1. The highest BCUT2D eigenvalue weighted by molar-refractivity contribution is 8.10. The Morgan fingerprint density at radius 3 is 1.70 bits per heavy atom. The van der Waals surface area contributed by atoms with Crippen LogP contribution < -0.4 is 19.9 Å². The van der Waals surface area contributed by atoms with Crippen LogP contribution in [0.4, 0.5) is 5.69 Å². The Bertz CT molecular complexity index is 1390. The van der Waals surface area contributed by atoms with Gasteiger partial charge in [-0.1, -0.05) is 40.0 Å². The molecule has 2 aliphatic rings. The molecule has 258 valence electrons.